The zero-order chi connectivity index (χ0) is 13.0. The molecule has 0 atom stereocenters. The summed E-state index contributed by atoms with van der Waals surface area (Å²) in [6.45, 7) is 0. The van der Waals surface area contributed by atoms with E-state index in [1.165, 1.54) is 12.8 Å². The molecule has 0 aliphatic heterocycles. The molecule has 5 nitrogen and oxygen atoms in total. The minimum absolute atomic E-state index is 0.309. The summed E-state index contributed by atoms with van der Waals surface area (Å²) in [6.07, 6.45) is 6.25. The van der Waals surface area contributed by atoms with Crippen LogP contribution in [0.4, 0.5) is 5.69 Å². The van der Waals surface area contributed by atoms with Crippen LogP contribution >= 0.6 is 0 Å². The fraction of sp³-hybridized carbons (Fsp3) is 0.538. The number of carbonyl (C=O) groups excluding carboxylic acids is 1. The van der Waals surface area contributed by atoms with Gasteiger partial charge in [0.1, 0.15) is 5.69 Å². The Balaban J connectivity index is 1.94. The average molecular weight is 248 g/mol. The second kappa shape index (κ2) is 5.82. The van der Waals surface area contributed by atoms with Gasteiger partial charge < -0.3 is 16.4 Å². The van der Waals surface area contributed by atoms with E-state index >= 15 is 0 Å². The molecule has 0 spiro atoms. The normalized spacial score (nSPS) is 23.6. The van der Waals surface area contributed by atoms with E-state index in [2.05, 4.69) is 15.6 Å². The van der Waals surface area contributed by atoms with Crippen LogP contribution in [0.15, 0.2) is 18.3 Å². The predicted molar refractivity (Wildman–Crippen MR) is 71.5 cm³/mol. The van der Waals surface area contributed by atoms with Crippen LogP contribution in [0, 0.1) is 0 Å². The largest absolute Gasteiger partial charge is 0.382 e. The summed E-state index contributed by atoms with van der Waals surface area (Å²) >= 11 is 0. The Labute approximate surface area is 107 Å². The summed E-state index contributed by atoms with van der Waals surface area (Å²) in [5.74, 6) is -0.488. The van der Waals surface area contributed by atoms with Crippen molar-refractivity contribution in [1.29, 1.82) is 0 Å². The number of hydrogen-bond acceptors (Lipinski definition) is 4. The zero-order valence-corrected chi connectivity index (χ0v) is 10.6. The van der Waals surface area contributed by atoms with Crippen molar-refractivity contribution in [3.8, 4) is 0 Å². The molecule has 0 aromatic carbocycles. The maximum absolute atomic E-state index is 11.1. The number of rotatable bonds is 4. The van der Waals surface area contributed by atoms with E-state index in [1.54, 1.807) is 12.3 Å². The highest BCUT2D eigenvalue weighted by molar-refractivity contribution is 5.91. The highest BCUT2D eigenvalue weighted by Gasteiger charge is 2.19. The van der Waals surface area contributed by atoms with Gasteiger partial charge in [0.15, 0.2) is 0 Å². The standard InChI is InChI=1S/C13H20N4O/c1-15-9-2-4-10(5-3-9)17-11-6-7-16-12(8-11)13(14)18/h6-10,15H,2-5H2,1H3,(H2,14,18)(H,16,17). The molecular weight excluding hydrogens is 228 g/mol. The first-order valence-corrected chi connectivity index (χ1v) is 6.38. The summed E-state index contributed by atoms with van der Waals surface area (Å²) in [7, 11) is 2.01. The lowest BCUT2D eigenvalue weighted by Gasteiger charge is -2.29. The van der Waals surface area contributed by atoms with Gasteiger partial charge in [0.05, 0.1) is 0 Å². The maximum atomic E-state index is 11.1. The van der Waals surface area contributed by atoms with E-state index < -0.39 is 5.91 Å². The van der Waals surface area contributed by atoms with Crippen molar-refractivity contribution in [2.75, 3.05) is 12.4 Å². The third kappa shape index (κ3) is 3.20. The Morgan fingerprint density at radius 3 is 2.61 bits per heavy atom. The minimum atomic E-state index is -0.488. The molecule has 1 aromatic rings. The van der Waals surface area contributed by atoms with E-state index in [1.807, 2.05) is 13.1 Å². The number of nitrogens with one attached hydrogen (secondary N) is 2. The molecule has 1 fully saturated rings. The van der Waals surface area contributed by atoms with Crippen molar-refractivity contribution in [1.82, 2.24) is 10.3 Å². The summed E-state index contributed by atoms with van der Waals surface area (Å²) in [6, 6.07) is 4.70. The molecule has 2 rings (SSSR count). The number of amides is 1. The number of carbonyl (C=O) groups is 1. The van der Waals surface area contributed by atoms with Crippen LogP contribution in [-0.4, -0.2) is 30.0 Å². The van der Waals surface area contributed by atoms with Crippen molar-refractivity contribution in [3.05, 3.63) is 24.0 Å². The third-order valence-electron chi connectivity index (χ3n) is 3.52. The molecule has 4 N–H and O–H groups in total. The highest BCUT2D eigenvalue weighted by atomic mass is 16.1. The summed E-state index contributed by atoms with van der Waals surface area (Å²) in [5, 5.41) is 6.76. The van der Waals surface area contributed by atoms with Crippen molar-refractivity contribution >= 4 is 11.6 Å². The highest BCUT2D eigenvalue weighted by Crippen LogP contribution is 2.22. The first kappa shape index (κ1) is 12.8. The lowest BCUT2D eigenvalue weighted by molar-refractivity contribution is 0.0995. The van der Waals surface area contributed by atoms with Crippen LogP contribution < -0.4 is 16.4 Å². The Morgan fingerprint density at radius 1 is 1.33 bits per heavy atom. The molecule has 1 aliphatic carbocycles. The zero-order valence-electron chi connectivity index (χ0n) is 10.6. The van der Waals surface area contributed by atoms with Crippen molar-refractivity contribution in [2.45, 2.75) is 37.8 Å². The first-order chi connectivity index (χ1) is 8.69. The summed E-state index contributed by atoms with van der Waals surface area (Å²) < 4.78 is 0. The molecule has 0 bridgehead atoms. The summed E-state index contributed by atoms with van der Waals surface area (Å²) in [4.78, 5) is 15.0. The molecule has 0 radical (unpaired) electrons. The predicted octanol–water partition coefficient (Wildman–Crippen LogP) is 1.12. The van der Waals surface area contributed by atoms with E-state index in [-0.39, 0.29) is 0 Å². The van der Waals surface area contributed by atoms with Gasteiger partial charge in [0.25, 0.3) is 5.91 Å². The molecule has 1 saturated carbocycles. The van der Waals surface area contributed by atoms with Crippen molar-refractivity contribution < 1.29 is 4.79 Å². The third-order valence-corrected chi connectivity index (χ3v) is 3.52. The lowest BCUT2D eigenvalue weighted by atomic mass is 9.91. The summed E-state index contributed by atoms with van der Waals surface area (Å²) in [5.41, 5.74) is 6.45. The van der Waals surface area contributed by atoms with E-state index in [4.69, 9.17) is 5.73 Å². The Hall–Kier alpha value is -1.62. The van der Waals surface area contributed by atoms with Crippen molar-refractivity contribution in [2.24, 2.45) is 5.73 Å². The second-order valence-corrected chi connectivity index (χ2v) is 4.78. The SMILES string of the molecule is CNC1CCC(Nc2ccnc(C(N)=O)c2)CC1. The van der Waals surface area contributed by atoms with Gasteiger partial charge in [-0.05, 0) is 44.9 Å². The van der Waals surface area contributed by atoms with Crippen LogP contribution in [-0.2, 0) is 0 Å². The second-order valence-electron chi connectivity index (χ2n) is 4.78. The molecule has 5 heteroatoms. The molecular formula is C13H20N4O. The van der Waals surface area contributed by atoms with Crippen LogP contribution in [0.1, 0.15) is 36.2 Å². The molecule has 98 valence electrons. The van der Waals surface area contributed by atoms with Gasteiger partial charge in [-0.1, -0.05) is 0 Å². The van der Waals surface area contributed by atoms with Crippen LogP contribution in [0.25, 0.3) is 0 Å². The topological polar surface area (TPSA) is 80.0 Å². The molecule has 1 heterocycles. The van der Waals surface area contributed by atoms with Crippen LogP contribution in [0.3, 0.4) is 0 Å². The molecule has 0 saturated heterocycles. The monoisotopic (exact) mass is 248 g/mol. The number of aromatic nitrogens is 1. The Morgan fingerprint density at radius 2 is 2.00 bits per heavy atom. The molecule has 18 heavy (non-hydrogen) atoms. The van der Waals surface area contributed by atoms with Crippen molar-refractivity contribution in [3.63, 3.8) is 0 Å². The van der Waals surface area contributed by atoms with Gasteiger partial charge in [-0.25, -0.2) is 0 Å². The lowest BCUT2D eigenvalue weighted by Crippen LogP contribution is -2.35. The first-order valence-electron chi connectivity index (χ1n) is 6.38. The molecule has 1 aromatic heterocycles. The molecule has 1 amide bonds. The average Bonchev–Trinajstić information content (AvgIpc) is 2.40. The van der Waals surface area contributed by atoms with E-state index in [0.717, 1.165) is 18.5 Å². The Kier molecular flexibility index (Phi) is 4.15. The fourth-order valence-corrected chi connectivity index (χ4v) is 2.42. The number of primary amides is 1. The van der Waals surface area contributed by atoms with Crippen LogP contribution in [0.2, 0.25) is 0 Å². The number of nitrogens with zero attached hydrogens (tertiary/aromatic N) is 1. The van der Waals surface area contributed by atoms with Gasteiger partial charge >= 0.3 is 0 Å². The van der Waals surface area contributed by atoms with E-state index in [0.29, 0.717) is 17.8 Å². The smallest absolute Gasteiger partial charge is 0.267 e. The van der Waals surface area contributed by atoms with Gasteiger partial charge in [-0.2, -0.15) is 0 Å². The van der Waals surface area contributed by atoms with Gasteiger partial charge in [0, 0.05) is 24.0 Å². The number of anilines is 1. The maximum Gasteiger partial charge on any atom is 0.267 e. The molecule has 0 unspecified atom stereocenters. The number of pyridine rings is 1. The quantitative estimate of drug-likeness (QED) is 0.746. The van der Waals surface area contributed by atoms with Crippen LogP contribution in [0.5, 0.6) is 0 Å². The minimum Gasteiger partial charge on any atom is -0.382 e. The van der Waals surface area contributed by atoms with Gasteiger partial charge in [-0.15, -0.1) is 0 Å². The van der Waals surface area contributed by atoms with Gasteiger partial charge in [0.2, 0.25) is 0 Å². The number of nitrogens with two attached hydrogens (primary N) is 1. The Bertz CT molecular complexity index is 413. The number of hydrogen-bond donors (Lipinski definition) is 3. The van der Waals surface area contributed by atoms with E-state index in [9.17, 15) is 4.79 Å². The fourth-order valence-electron chi connectivity index (χ4n) is 2.42. The molecule has 1 aliphatic rings. The van der Waals surface area contributed by atoms with Gasteiger partial charge in [-0.3, -0.25) is 9.78 Å².